The van der Waals surface area contributed by atoms with Gasteiger partial charge in [-0.3, -0.25) is 0 Å². The first-order valence-electron chi connectivity index (χ1n) is 9.74. The van der Waals surface area contributed by atoms with E-state index < -0.39 is 10.0 Å². The molecular formula is C21H22ClN3O5S. The summed E-state index contributed by atoms with van der Waals surface area (Å²) in [5.41, 5.74) is 0.738. The Morgan fingerprint density at radius 2 is 1.97 bits per heavy atom. The van der Waals surface area contributed by atoms with Crippen LogP contribution in [0.2, 0.25) is 5.02 Å². The Morgan fingerprint density at radius 3 is 2.74 bits per heavy atom. The third-order valence-electron chi connectivity index (χ3n) is 5.23. The zero-order valence-corrected chi connectivity index (χ0v) is 18.7. The van der Waals surface area contributed by atoms with Crippen molar-refractivity contribution in [1.82, 2.24) is 14.5 Å². The first-order chi connectivity index (χ1) is 14.9. The average Bonchev–Trinajstić information content (AvgIpc) is 3.29. The van der Waals surface area contributed by atoms with Crippen LogP contribution in [0.3, 0.4) is 0 Å². The summed E-state index contributed by atoms with van der Waals surface area (Å²) in [7, 11) is -0.787. The van der Waals surface area contributed by atoms with E-state index in [0.717, 1.165) is 12.0 Å². The van der Waals surface area contributed by atoms with Gasteiger partial charge in [0.1, 0.15) is 16.4 Å². The van der Waals surface area contributed by atoms with Gasteiger partial charge in [-0.25, -0.2) is 8.42 Å². The summed E-state index contributed by atoms with van der Waals surface area (Å²) in [5.74, 6) is 1.51. The molecule has 0 amide bonds. The smallest absolute Gasteiger partial charge is 0.247 e. The SMILES string of the molecule is COc1cccc(-c2nnc([C@H]3CCCN(S(=O)(=O)c4cc(Cl)ccc4OC)C3)o2)c1. The number of halogens is 1. The number of piperidine rings is 1. The maximum absolute atomic E-state index is 13.3. The molecule has 1 aliphatic heterocycles. The van der Waals surface area contributed by atoms with Crippen LogP contribution in [0.25, 0.3) is 11.5 Å². The van der Waals surface area contributed by atoms with Gasteiger partial charge < -0.3 is 13.9 Å². The van der Waals surface area contributed by atoms with Crippen molar-refractivity contribution < 1.29 is 22.3 Å². The number of sulfonamides is 1. The molecule has 1 aliphatic rings. The maximum atomic E-state index is 13.3. The van der Waals surface area contributed by atoms with E-state index in [9.17, 15) is 8.42 Å². The topological polar surface area (TPSA) is 94.8 Å². The Bertz CT molecular complexity index is 1180. The van der Waals surface area contributed by atoms with Crippen LogP contribution in [0.1, 0.15) is 24.7 Å². The fraction of sp³-hybridized carbons (Fsp3) is 0.333. The highest BCUT2D eigenvalue weighted by Crippen LogP contribution is 2.35. The van der Waals surface area contributed by atoms with Crippen molar-refractivity contribution in [2.24, 2.45) is 0 Å². The molecule has 8 nitrogen and oxygen atoms in total. The third-order valence-corrected chi connectivity index (χ3v) is 7.36. The van der Waals surface area contributed by atoms with Gasteiger partial charge in [0.05, 0.1) is 20.1 Å². The van der Waals surface area contributed by atoms with Crippen molar-refractivity contribution in [2.75, 3.05) is 27.3 Å². The summed E-state index contributed by atoms with van der Waals surface area (Å²) in [6.07, 6.45) is 1.42. The van der Waals surface area contributed by atoms with E-state index in [2.05, 4.69) is 10.2 Å². The van der Waals surface area contributed by atoms with E-state index >= 15 is 0 Å². The molecule has 4 rings (SSSR count). The van der Waals surface area contributed by atoms with Gasteiger partial charge in [0.25, 0.3) is 0 Å². The molecule has 2 aromatic carbocycles. The molecule has 1 atom stereocenters. The molecule has 10 heteroatoms. The van der Waals surface area contributed by atoms with E-state index in [1.807, 2.05) is 18.2 Å². The van der Waals surface area contributed by atoms with E-state index in [1.54, 1.807) is 25.3 Å². The number of aromatic nitrogens is 2. The predicted molar refractivity (Wildman–Crippen MR) is 115 cm³/mol. The fourth-order valence-corrected chi connectivity index (χ4v) is 5.57. The molecule has 0 unspecified atom stereocenters. The number of nitrogens with zero attached hydrogens (tertiary/aromatic N) is 3. The lowest BCUT2D eigenvalue weighted by Crippen LogP contribution is -2.39. The second-order valence-corrected chi connectivity index (χ2v) is 9.52. The summed E-state index contributed by atoms with van der Waals surface area (Å²) in [5, 5.41) is 8.65. The molecule has 0 aliphatic carbocycles. The molecule has 2 heterocycles. The molecule has 1 fully saturated rings. The van der Waals surface area contributed by atoms with E-state index in [1.165, 1.54) is 17.5 Å². The van der Waals surface area contributed by atoms with Gasteiger partial charge in [-0.2, -0.15) is 4.31 Å². The minimum atomic E-state index is -3.81. The number of hydrogen-bond acceptors (Lipinski definition) is 7. The summed E-state index contributed by atoms with van der Waals surface area (Å²) in [4.78, 5) is 0.0470. The molecule has 0 N–H and O–H groups in total. The highest BCUT2D eigenvalue weighted by Gasteiger charge is 2.35. The molecule has 0 saturated carbocycles. The van der Waals surface area contributed by atoms with Crippen molar-refractivity contribution in [3.8, 4) is 23.0 Å². The average molecular weight is 464 g/mol. The minimum absolute atomic E-state index is 0.0470. The molecule has 1 saturated heterocycles. The van der Waals surface area contributed by atoms with Gasteiger partial charge in [0, 0.05) is 23.7 Å². The van der Waals surface area contributed by atoms with Gasteiger partial charge >= 0.3 is 0 Å². The Hall–Kier alpha value is -2.62. The van der Waals surface area contributed by atoms with Crippen LogP contribution in [0.15, 0.2) is 51.8 Å². The standard InChI is InChI=1S/C21H22ClN3O5S/c1-28-17-7-3-5-14(11-17)20-23-24-21(30-20)15-6-4-10-25(13-15)31(26,27)19-12-16(22)8-9-18(19)29-2/h3,5,7-9,11-12,15H,4,6,10,13H2,1-2H3/t15-/m0/s1. The number of methoxy groups -OCH3 is 2. The zero-order chi connectivity index (χ0) is 22.0. The second-order valence-electron chi connectivity index (χ2n) is 7.17. The summed E-state index contributed by atoms with van der Waals surface area (Å²) < 4.78 is 44.4. The normalized spacial score (nSPS) is 17.5. The van der Waals surface area contributed by atoms with Crippen LogP contribution in [0.5, 0.6) is 11.5 Å². The molecule has 31 heavy (non-hydrogen) atoms. The van der Waals surface area contributed by atoms with Crippen LogP contribution >= 0.6 is 11.6 Å². The number of rotatable bonds is 6. The molecule has 0 spiro atoms. The van der Waals surface area contributed by atoms with Crippen LogP contribution < -0.4 is 9.47 Å². The highest BCUT2D eigenvalue weighted by molar-refractivity contribution is 7.89. The van der Waals surface area contributed by atoms with E-state index in [4.69, 9.17) is 25.5 Å². The molecule has 3 aromatic rings. The first kappa shape index (κ1) is 21.6. The van der Waals surface area contributed by atoms with Crippen molar-refractivity contribution in [3.63, 3.8) is 0 Å². The minimum Gasteiger partial charge on any atom is -0.497 e. The van der Waals surface area contributed by atoms with Gasteiger partial charge in [-0.05, 0) is 49.2 Å². The maximum Gasteiger partial charge on any atom is 0.247 e. The molecule has 0 bridgehead atoms. The Labute approximate surface area is 185 Å². The zero-order valence-electron chi connectivity index (χ0n) is 17.1. The van der Waals surface area contributed by atoms with E-state index in [-0.39, 0.29) is 23.1 Å². The van der Waals surface area contributed by atoms with Crippen LogP contribution in [-0.2, 0) is 10.0 Å². The number of ether oxygens (including phenoxy) is 2. The van der Waals surface area contributed by atoms with Crippen molar-refractivity contribution >= 4 is 21.6 Å². The van der Waals surface area contributed by atoms with Gasteiger partial charge in [-0.1, -0.05) is 17.7 Å². The van der Waals surface area contributed by atoms with Gasteiger partial charge in [0.15, 0.2) is 0 Å². The van der Waals surface area contributed by atoms with E-state index in [0.29, 0.717) is 35.5 Å². The van der Waals surface area contributed by atoms with Crippen molar-refractivity contribution in [2.45, 2.75) is 23.7 Å². The Morgan fingerprint density at radius 1 is 1.13 bits per heavy atom. The number of hydrogen-bond donors (Lipinski definition) is 0. The largest absolute Gasteiger partial charge is 0.497 e. The lowest BCUT2D eigenvalue weighted by Gasteiger charge is -2.30. The Kier molecular flexibility index (Phi) is 6.17. The fourth-order valence-electron chi connectivity index (χ4n) is 3.63. The lowest BCUT2D eigenvalue weighted by atomic mass is 10.00. The Balaban J connectivity index is 1.58. The monoisotopic (exact) mass is 463 g/mol. The molecule has 164 valence electrons. The summed E-state index contributed by atoms with van der Waals surface area (Å²) in [6, 6.07) is 11.9. The molecular weight excluding hydrogens is 442 g/mol. The predicted octanol–water partition coefficient (Wildman–Crippen LogP) is 3.98. The molecule has 1 aromatic heterocycles. The summed E-state index contributed by atoms with van der Waals surface area (Å²) >= 11 is 6.05. The van der Waals surface area contributed by atoms with Crippen molar-refractivity contribution in [3.05, 3.63) is 53.4 Å². The second kappa shape index (κ2) is 8.86. The first-order valence-corrected chi connectivity index (χ1v) is 11.6. The van der Waals surface area contributed by atoms with Crippen LogP contribution in [-0.4, -0.2) is 50.2 Å². The highest BCUT2D eigenvalue weighted by atomic mass is 35.5. The quantitative estimate of drug-likeness (QED) is 0.545. The van der Waals surface area contributed by atoms with Crippen molar-refractivity contribution in [1.29, 1.82) is 0 Å². The number of benzene rings is 2. The lowest BCUT2D eigenvalue weighted by molar-refractivity contribution is 0.285. The van der Waals surface area contributed by atoms with Gasteiger partial charge in [0.2, 0.25) is 21.8 Å². The summed E-state index contributed by atoms with van der Waals surface area (Å²) in [6.45, 7) is 0.628. The molecule has 0 radical (unpaired) electrons. The van der Waals surface area contributed by atoms with Crippen LogP contribution in [0, 0.1) is 0 Å². The van der Waals surface area contributed by atoms with Crippen LogP contribution in [0.4, 0.5) is 0 Å². The van der Waals surface area contributed by atoms with Gasteiger partial charge in [-0.15, -0.1) is 10.2 Å². The third kappa shape index (κ3) is 4.39.